The molecule has 108 valence electrons. The quantitative estimate of drug-likeness (QED) is 0.918. The largest absolute Gasteiger partial charge is 0.311 e. The van der Waals surface area contributed by atoms with E-state index in [4.69, 9.17) is 11.6 Å². The summed E-state index contributed by atoms with van der Waals surface area (Å²) in [7, 11) is 0. The summed E-state index contributed by atoms with van der Waals surface area (Å²) in [5, 5.41) is 4.36. The fourth-order valence-electron chi connectivity index (χ4n) is 2.62. The molecule has 0 aromatic heterocycles. The highest BCUT2D eigenvalue weighted by Gasteiger charge is 2.23. The number of rotatable bonds is 3. The van der Waals surface area contributed by atoms with E-state index in [2.05, 4.69) is 43.1 Å². The Morgan fingerprint density at radius 2 is 2.16 bits per heavy atom. The van der Waals surface area contributed by atoms with E-state index in [0.29, 0.717) is 18.0 Å². The third kappa shape index (κ3) is 4.64. The van der Waals surface area contributed by atoms with Crippen LogP contribution in [0.3, 0.4) is 0 Å². The molecule has 1 aromatic rings. The molecule has 1 fully saturated rings. The second kappa shape index (κ2) is 7.49. The Labute approximate surface area is 127 Å². The van der Waals surface area contributed by atoms with Crippen LogP contribution in [0.2, 0.25) is 5.02 Å². The predicted molar refractivity (Wildman–Crippen MR) is 85.6 cm³/mol. The summed E-state index contributed by atoms with van der Waals surface area (Å²) in [6, 6.07) is 9.44. The summed E-state index contributed by atoms with van der Waals surface area (Å²) in [5.74, 6) is 0.524. The van der Waals surface area contributed by atoms with Gasteiger partial charge in [-0.2, -0.15) is 0 Å². The van der Waals surface area contributed by atoms with Crippen molar-refractivity contribution in [3.05, 3.63) is 34.9 Å². The van der Waals surface area contributed by atoms with Crippen molar-refractivity contribution < 1.29 is 0 Å². The Balaban J connectivity index is 0.00000180. The number of benzene rings is 1. The summed E-state index contributed by atoms with van der Waals surface area (Å²) in [4.78, 5) is 2.58. The molecular weight excluding hydrogens is 279 g/mol. The van der Waals surface area contributed by atoms with Crippen LogP contribution < -0.4 is 5.32 Å². The highest BCUT2D eigenvalue weighted by Crippen LogP contribution is 2.21. The van der Waals surface area contributed by atoms with Gasteiger partial charge in [0.25, 0.3) is 0 Å². The molecule has 1 heterocycles. The molecule has 1 aliphatic rings. The summed E-state index contributed by atoms with van der Waals surface area (Å²) >= 11 is 6.06. The molecule has 0 aliphatic carbocycles. The van der Waals surface area contributed by atoms with Gasteiger partial charge in [0.1, 0.15) is 0 Å². The number of hydrogen-bond acceptors (Lipinski definition) is 2. The normalized spacial score (nSPS) is 25.7. The number of halogens is 2. The second-order valence-corrected chi connectivity index (χ2v) is 6.00. The molecule has 2 rings (SSSR count). The van der Waals surface area contributed by atoms with Gasteiger partial charge in [0.2, 0.25) is 0 Å². The lowest BCUT2D eigenvalue weighted by atomic mass is 9.99. The minimum Gasteiger partial charge on any atom is -0.311 e. The molecule has 1 saturated heterocycles. The first kappa shape index (κ1) is 16.8. The van der Waals surface area contributed by atoms with Gasteiger partial charge in [-0.25, -0.2) is 0 Å². The zero-order valence-corrected chi connectivity index (χ0v) is 13.5. The molecule has 0 amide bonds. The zero-order chi connectivity index (χ0) is 13.1. The summed E-state index contributed by atoms with van der Waals surface area (Å²) in [6.07, 6.45) is 0. The van der Waals surface area contributed by atoms with Gasteiger partial charge in [0, 0.05) is 36.7 Å². The molecule has 1 N–H and O–H groups in total. The fraction of sp³-hybridized carbons (Fsp3) is 0.600. The minimum absolute atomic E-state index is 0. The Hall–Kier alpha value is -0.280. The van der Waals surface area contributed by atoms with Crippen molar-refractivity contribution in [1.29, 1.82) is 0 Å². The van der Waals surface area contributed by atoms with Gasteiger partial charge in [-0.15, -0.1) is 12.4 Å². The van der Waals surface area contributed by atoms with Crippen LogP contribution in [0, 0.1) is 0 Å². The lowest BCUT2D eigenvalue weighted by Crippen LogP contribution is -2.54. The van der Waals surface area contributed by atoms with Crippen LogP contribution in [-0.2, 0) is 0 Å². The standard InChI is InChI=1S/C15H23ClN2.ClH/c1-11(14-5-4-6-15(16)7-14)9-18-10-12(2)17-8-13(18)3;/h4-7,11-13,17H,8-10H2,1-3H3;1H. The Bertz CT molecular complexity index is 397. The first-order chi connectivity index (χ1) is 8.56. The molecule has 0 bridgehead atoms. The highest BCUT2D eigenvalue weighted by atomic mass is 35.5. The van der Waals surface area contributed by atoms with Crippen LogP contribution in [0.1, 0.15) is 32.3 Å². The molecule has 2 nitrogen and oxygen atoms in total. The van der Waals surface area contributed by atoms with Crippen molar-refractivity contribution in [3.8, 4) is 0 Å². The lowest BCUT2D eigenvalue weighted by Gasteiger charge is -2.39. The van der Waals surface area contributed by atoms with E-state index < -0.39 is 0 Å². The fourth-order valence-corrected chi connectivity index (χ4v) is 2.82. The van der Waals surface area contributed by atoms with Gasteiger partial charge in [-0.3, -0.25) is 4.90 Å². The molecule has 1 aliphatic heterocycles. The van der Waals surface area contributed by atoms with Crippen molar-refractivity contribution in [3.63, 3.8) is 0 Å². The first-order valence-electron chi connectivity index (χ1n) is 6.79. The maximum absolute atomic E-state index is 6.06. The molecular formula is C15H24Cl2N2. The average Bonchev–Trinajstić information content (AvgIpc) is 2.34. The Morgan fingerprint density at radius 1 is 1.42 bits per heavy atom. The van der Waals surface area contributed by atoms with E-state index in [1.54, 1.807) is 0 Å². The van der Waals surface area contributed by atoms with E-state index in [9.17, 15) is 0 Å². The van der Waals surface area contributed by atoms with Crippen LogP contribution in [0.25, 0.3) is 0 Å². The van der Waals surface area contributed by atoms with Crippen LogP contribution in [0.15, 0.2) is 24.3 Å². The lowest BCUT2D eigenvalue weighted by molar-refractivity contribution is 0.140. The van der Waals surface area contributed by atoms with Crippen molar-refractivity contribution in [2.45, 2.75) is 38.8 Å². The van der Waals surface area contributed by atoms with E-state index in [-0.39, 0.29) is 12.4 Å². The maximum atomic E-state index is 6.06. The molecule has 3 atom stereocenters. The average molecular weight is 303 g/mol. The van der Waals surface area contributed by atoms with E-state index in [1.807, 2.05) is 12.1 Å². The molecule has 0 spiro atoms. The third-order valence-corrected chi connectivity index (χ3v) is 4.05. The topological polar surface area (TPSA) is 15.3 Å². The summed E-state index contributed by atoms with van der Waals surface area (Å²) in [6.45, 7) is 10.2. The van der Waals surface area contributed by atoms with Crippen molar-refractivity contribution >= 4 is 24.0 Å². The molecule has 0 radical (unpaired) electrons. The predicted octanol–water partition coefficient (Wildman–Crippen LogP) is 3.55. The van der Waals surface area contributed by atoms with Crippen molar-refractivity contribution in [2.24, 2.45) is 0 Å². The Morgan fingerprint density at radius 3 is 2.84 bits per heavy atom. The monoisotopic (exact) mass is 302 g/mol. The third-order valence-electron chi connectivity index (χ3n) is 3.82. The van der Waals surface area contributed by atoms with Crippen LogP contribution in [-0.4, -0.2) is 36.6 Å². The number of hydrogen-bond donors (Lipinski definition) is 1. The van der Waals surface area contributed by atoms with E-state index >= 15 is 0 Å². The van der Waals surface area contributed by atoms with Crippen LogP contribution >= 0.6 is 24.0 Å². The van der Waals surface area contributed by atoms with E-state index in [0.717, 1.165) is 24.7 Å². The molecule has 1 aromatic carbocycles. The SMILES string of the molecule is CC1CN(CC(C)c2cccc(Cl)c2)C(C)CN1.Cl. The molecule has 19 heavy (non-hydrogen) atoms. The maximum Gasteiger partial charge on any atom is 0.0408 e. The number of nitrogens with one attached hydrogen (secondary N) is 1. The van der Waals surface area contributed by atoms with Gasteiger partial charge in [-0.05, 0) is 37.5 Å². The van der Waals surface area contributed by atoms with Crippen LogP contribution in [0.5, 0.6) is 0 Å². The van der Waals surface area contributed by atoms with E-state index in [1.165, 1.54) is 5.56 Å². The van der Waals surface area contributed by atoms with Gasteiger partial charge in [0.15, 0.2) is 0 Å². The van der Waals surface area contributed by atoms with Gasteiger partial charge in [0.05, 0.1) is 0 Å². The van der Waals surface area contributed by atoms with Gasteiger partial charge < -0.3 is 5.32 Å². The summed E-state index contributed by atoms with van der Waals surface area (Å²) < 4.78 is 0. The smallest absolute Gasteiger partial charge is 0.0408 e. The number of piperazine rings is 1. The highest BCUT2D eigenvalue weighted by molar-refractivity contribution is 6.30. The Kier molecular flexibility index (Phi) is 6.61. The number of nitrogens with zero attached hydrogens (tertiary/aromatic N) is 1. The zero-order valence-electron chi connectivity index (χ0n) is 11.9. The summed E-state index contributed by atoms with van der Waals surface area (Å²) in [5.41, 5.74) is 1.33. The van der Waals surface area contributed by atoms with Gasteiger partial charge in [-0.1, -0.05) is 30.7 Å². The van der Waals surface area contributed by atoms with Gasteiger partial charge >= 0.3 is 0 Å². The minimum atomic E-state index is 0. The first-order valence-corrected chi connectivity index (χ1v) is 7.17. The van der Waals surface area contributed by atoms with Crippen LogP contribution in [0.4, 0.5) is 0 Å². The van der Waals surface area contributed by atoms with Crippen molar-refractivity contribution in [2.75, 3.05) is 19.6 Å². The molecule has 4 heteroatoms. The second-order valence-electron chi connectivity index (χ2n) is 5.57. The van der Waals surface area contributed by atoms with Crippen molar-refractivity contribution in [1.82, 2.24) is 10.2 Å². The molecule has 0 saturated carbocycles. The molecule has 3 unspecified atom stereocenters.